The average molecular weight is 491 g/mol. The number of carbonyl (C=O) groups is 1. The normalized spacial score (nSPS) is 18.0. The van der Waals surface area contributed by atoms with Crippen LogP contribution in [0.4, 0.5) is 5.13 Å². The number of nitrogens with zero attached hydrogens (tertiary/aromatic N) is 8. The molecule has 1 aromatic carbocycles. The summed E-state index contributed by atoms with van der Waals surface area (Å²) < 4.78 is 3.80. The Hall–Kier alpha value is -3.24. The van der Waals surface area contributed by atoms with Crippen molar-refractivity contribution in [3.63, 3.8) is 0 Å². The maximum atomic E-state index is 13.0. The molecule has 0 spiro atoms. The first kappa shape index (κ1) is 22.2. The van der Waals surface area contributed by atoms with Crippen LogP contribution in [0.25, 0.3) is 21.9 Å². The molecule has 35 heavy (non-hydrogen) atoms. The fourth-order valence-corrected chi connectivity index (χ4v) is 6.04. The molecule has 2 aliphatic rings. The third-order valence-electron chi connectivity index (χ3n) is 7.26. The van der Waals surface area contributed by atoms with Crippen molar-refractivity contribution in [1.29, 1.82) is 0 Å². The highest BCUT2D eigenvalue weighted by Crippen LogP contribution is 2.32. The molecule has 1 amide bonds. The van der Waals surface area contributed by atoms with E-state index >= 15 is 0 Å². The van der Waals surface area contributed by atoms with Gasteiger partial charge in [-0.25, -0.2) is 14.2 Å². The lowest BCUT2D eigenvalue weighted by atomic mass is 9.95. The molecule has 0 unspecified atom stereocenters. The highest BCUT2D eigenvalue weighted by atomic mass is 32.1. The Morgan fingerprint density at radius 3 is 2.43 bits per heavy atom. The zero-order valence-corrected chi connectivity index (χ0v) is 21.0. The lowest BCUT2D eigenvalue weighted by Crippen LogP contribution is -2.50. The first-order chi connectivity index (χ1) is 17.1. The number of likely N-dealkylation sites (N-methyl/N-ethyl adjacent to an activating group) is 1. The van der Waals surface area contributed by atoms with Crippen molar-refractivity contribution >= 4 is 27.3 Å². The number of hydrogen-bond donors (Lipinski definition) is 0. The Morgan fingerprint density at radius 1 is 1.03 bits per heavy atom. The Bertz CT molecular complexity index is 1310. The summed E-state index contributed by atoms with van der Waals surface area (Å²) in [6, 6.07) is 10.2. The number of imidazole rings is 1. The molecule has 0 saturated carbocycles. The maximum absolute atomic E-state index is 13.0. The van der Waals surface area contributed by atoms with Crippen LogP contribution in [0.15, 0.2) is 42.7 Å². The van der Waals surface area contributed by atoms with Crippen LogP contribution < -0.4 is 4.90 Å². The number of anilines is 1. The maximum Gasteiger partial charge on any atom is 0.225 e. The van der Waals surface area contributed by atoms with Gasteiger partial charge in [0.15, 0.2) is 0 Å². The molecule has 182 valence electrons. The van der Waals surface area contributed by atoms with Gasteiger partial charge in [-0.1, -0.05) is 23.5 Å². The topological polar surface area (TPSA) is 74.8 Å². The molecular weight excluding hydrogens is 460 g/mol. The van der Waals surface area contributed by atoms with Crippen LogP contribution in [0, 0.1) is 12.8 Å². The minimum atomic E-state index is 0.136. The van der Waals surface area contributed by atoms with Crippen LogP contribution in [0.3, 0.4) is 0 Å². The van der Waals surface area contributed by atoms with E-state index in [2.05, 4.69) is 58.0 Å². The van der Waals surface area contributed by atoms with E-state index < -0.39 is 0 Å². The molecule has 0 bridgehead atoms. The number of carbonyl (C=O) groups excluding carboxylic acids is 1. The molecule has 3 aromatic heterocycles. The Labute approximate surface area is 208 Å². The second-order valence-corrected chi connectivity index (χ2v) is 10.4. The second kappa shape index (κ2) is 9.09. The van der Waals surface area contributed by atoms with Gasteiger partial charge in [0.2, 0.25) is 16.0 Å². The number of amides is 1. The van der Waals surface area contributed by atoms with E-state index in [1.165, 1.54) is 0 Å². The van der Waals surface area contributed by atoms with Gasteiger partial charge in [0.25, 0.3) is 0 Å². The van der Waals surface area contributed by atoms with Gasteiger partial charge in [-0.05, 0) is 45.0 Å². The molecule has 4 aromatic rings. The van der Waals surface area contributed by atoms with Crippen LogP contribution in [0.2, 0.25) is 0 Å². The van der Waals surface area contributed by atoms with Crippen molar-refractivity contribution < 1.29 is 4.79 Å². The molecule has 6 rings (SSSR count). The Kier molecular flexibility index (Phi) is 5.77. The smallest absolute Gasteiger partial charge is 0.225 e. The summed E-state index contributed by atoms with van der Waals surface area (Å²) >= 11 is 1.62. The lowest BCUT2D eigenvalue weighted by molar-refractivity contribution is -0.137. The zero-order valence-electron chi connectivity index (χ0n) is 20.2. The predicted molar refractivity (Wildman–Crippen MR) is 137 cm³/mol. The monoisotopic (exact) mass is 490 g/mol. The number of rotatable bonds is 4. The van der Waals surface area contributed by atoms with Crippen LogP contribution in [0.5, 0.6) is 0 Å². The minimum Gasteiger partial charge on any atom is -0.347 e. The third-order valence-corrected chi connectivity index (χ3v) is 8.23. The van der Waals surface area contributed by atoms with Gasteiger partial charge in [0, 0.05) is 63.1 Å². The van der Waals surface area contributed by atoms with Crippen molar-refractivity contribution in [3.05, 3.63) is 48.4 Å². The first-order valence-corrected chi connectivity index (χ1v) is 13.1. The number of aromatic nitrogens is 5. The summed E-state index contributed by atoms with van der Waals surface area (Å²) in [5, 5.41) is 10.2. The van der Waals surface area contributed by atoms with Crippen LogP contribution in [0.1, 0.15) is 18.5 Å². The quantitative estimate of drug-likeness (QED) is 0.438. The number of fused-ring (bicyclic) bond motifs is 1. The van der Waals surface area contributed by atoms with E-state index in [9.17, 15) is 4.79 Å². The number of benzene rings is 1. The summed E-state index contributed by atoms with van der Waals surface area (Å²) in [4.78, 5) is 25.4. The molecule has 0 radical (unpaired) electrons. The second-order valence-electron chi connectivity index (χ2n) is 9.51. The van der Waals surface area contributed by atoms with E-state index in [0.29, 0.717) is 5.91 Å². The summed E-state index contributed by atoms with van der Waals surface area (Å²) in [5.74, 6) is 0.475. The number of piperazine rings is 1. The summed E-state index contributed by atoms with van der Waals surface area (Å²) in [7, 11) is 2.12. The summed E-state index contributed by atoms with van der Waals surface area (Å²) in [5.41, 5.74) is 4.08. The number of piperidine rings is 1. The van der Waals surface area contributed by atoms with Crippen molar-refractivity contribution in [2.45, 2.75) is 19.8 Å². The van der Waals surface area contributed by atoms with Crippen molar-refractivity contribution in [2.24, 2.45) is 5.92 Å². The van der Waals surface area contributed by atoms with E-state index in [0.717, 1.165) is 84.8 Å². The molecule has 9 nitrogen and oxygen atoms in total. The fourth-order valence-electron chi connectivity index (χ4n) is 5.04. The lowest BCUT2D eigenvalue weighted by Gasteiger charge is -2.37. The predicted octanol–water partition coefficient (Wildman–Crippen LogP) is 2.94. The molecule has 2 fully saturated rings. The van der Waals surface area contributed by atoms with E-state index in [-0.39, 0.29) is 5.92 Å². The first-order valence-electron chi connectivity index (χ1n) is 12.3. The van der Waals surface area contributed by atoms with Gasteiger partial charge in [-0.15, -0.1) is 5.10 Å². The van der Waals surface area contributed by atoms with E-state index in [1.54, 1.807) is 17.5 Å². The van der Waals surface area contributed by atoms with Crippen molar-refractivity contribution in [1.82, 2.24) is 34.2 Å². The molecule has 5 heterocycles. The summed E-state index contributed by atoms with van der Waals surface area (Å²) in [6.07, 6.45) is 5.49. The van der Waals surface area contributed by atoms with Gasteiger partial charge >= 0.3 is 0 Å². The standard InChI is InChI=1S/C25H30N8OS/c1-18-22(19-4-6-21(7-5-19)32-11-3-10-26-32)27-24-33(18)28-25(35-24)31-12-8-20(9-13-31)23(34)30-16-14-29(2)15-17-30/h3-7,10-11,20H,8-9,12-17H2,1-2H3. The molecule has 10 heteroatoms. The highest BCUT2D eigenvalue weighted by molar-refractivity contribution is 7.20. The highest BCUT2D eigenvalue weighted by Gasteiger charge is 2.31. The Morgan fingerprint density at radius 2 is 1.77 bits per heavy atom. The van der Waals surface area contributed by atoms with Crippen LogP contribution in [-0.2, 0) is 4.79 Å². The van der Waals surface area contributed by atoms with Gasteiger partial charge in [0.1, 0.15) is 0 Å². The third kappa shape index (κ3) is 4.21. The van der Waals surface area contributed by atoms with Gasteiger partial charge in [-0.2, -0.15) is 5.10 Å². The van der Waals surface area contributed by atoms with Crippen LogP contribution >= 0.6 is 11.3 Å². The van der Waals surface area contributed by atoms with Gasteiger partial charge < -0.3 is 14.7 Å². The molecule has 2 aliphatic heterocycles. The zero-order chi connectivity index (χ0) is 23.9. The average Bonchev–Trinajstić information content (AvgIpc) is 3.63. The molecular formula is C25H30N8OS. The van der Waals surface area contributed by atoms with Gasteiger partial charge in [0.05, 0.1) is 17.1 Å². The minimum absolute atomic E-state index is 0.136. The molecule has 0 aliphatic carbocycles. The molecule has 2 saturated heterocycles. The molecule has 0 N–H and O–H groups in total. The summed E-state index contributed by atoms with van der Waals surface area (Å²) in [6.45, 7) is 7.45. The number of hydrogen-bond acceptors (Lipinski definition) is 7. The van der Waals surface area contributed by atoms with E-state index in [4.69, 9.17) is 10.1 Å². The number of aryl methyl sites for hydroxylation is 1. The largest absolute Gasteiger partial charge is 0.347 e. The SMILES string of the molecule is Cc1c(-c2ccc(-n3cccn3)cc2)nc2sc(N3CCC(C(=O)N4CCN(C)CC4)CC3)nn12. The van der Waals surface area contributed by atoms with Crippen molar-refractivity contribution in [2.75, 3.05) is 51.2 Å². The molecule has 0 atom stereocenters. The van der Waals surface area contributed by atoms with Crippen molar-refractivity contribution in [3.8, 4) is 16.9 Å². The fraction of sp³-hybridized carbons (Fsp3) is 0.440. The Balaban J connectivity index is 1.13. The van der Waals surface area contributed by atoms with E-state index in [1.807, 2.05) is 21.5 Å². The van der Waals surface area contributed by atoms with Crippen LogP contribution in [-0.4, -0.2) is 86.4 Å². The van der Waals surface area contributed by atoms with Gasteiger partial charge in [-0.3, -0.25) is 4.79 Å².